The van der Waals surface area contributed by atoms with Gasteiger partial charge in [-0.25, -0.2) is 9.18 Å². The standard InChI is InChI=1S/C19H20FN3O2/c1-12-3-8-17(13(2)9-12)22-19(25)21-15-10-18(24)23(11-15)16-6-4-14(20)5-7-16/h3-9,15H,10-11H2,1-2H3,(H2,21,22,25)/t15-/m0/s1. The Labute approximate surface area is 145 Å². The van der Waals surface area contributed by atoms with Crippen molar-refractivity contribution >= 4 is 23.3 Å². The first-order valence-corrected chi connectivity index (χ1v) is 8.13. The van der Waals surface area contributed by atoms with Crippen molar-refractivity contribution in [1.29, 1.82) is 0 Å². The van der Waals surface area contributed by atoms with Crippen molar-refractivity contribution in [3.05, 3.63) is 59.4 Å². The summed E-state index contributed by atoms with van der Waals surface area (Å²) in [6.45, 7) is 4.29. The number of hydrogen-bond acceptors (Lipinski definition) is 2. The number of nitrogens with zero attached hydrogens (tertiary/aromatic N) is 1. The predicted octanol–water partition coefficient (Wildman–Crippen LogP) is 3.37. The zero-order valence-electron chi connectivity index (χ0n) is 14.2. The van der Waals surface area contributed by atoms with E-state index in [1.165, 1.54) is 12.1 Å². The topological polar surface area (TPSA) is 61.4 Å². The fourth-order valence-electron chi connectivity index (χ4n) is 2.97. The summed E-state index contributed by atoms with van der Waals surface area (Å²) in [5.41, 5.74) is 3.47. The smallest absolute Gasteiger partial charge is 0.319 e. The Balaban J connectivity index is 1.61. The van der Waals surface area contributed by atoms with Gasteiger partial charge in [0.15, 0.2) is 0 Å². The lowest BCUT2D eigenvalue weighted by Crippen LogP contribution is -2.39. The minimum atomic E-state index is -0.349. The van der Waals surface area contributed by atoms with E-state index in [4.69, 9.17) is 0 Å². The predicted molar refractivity (Wildman–Crippen MR) is 95.2 cm³/mol. The molecule has 0 bridgehead atoms. The van der Waals surface area contributed by atoms with Gasteiger partial charge in [-0.05, 0) is 49.7 Å². The van der Waals surface area contributed by atoms with Gasteiger partial charge in [0, 0.05) is 24.3 Å². The van der Waals surface area contributed by atoms with Crippen molar-refractivity contribution in [3.63, 3.8) is 0 Å². The normalized spacial score (nSPS) is 16.8. The second-order valence-electron chi connectivity index (χ2n) is 6.30. The van der Waals surface area contributed by atoms with E-state index >= 15 is 0 Å². The quantitative estimate of drug-likeness (QED) is 0.899. The van der Waals surface area contributed by atoms with E-state index in [1.807, 2.05) is 32.0 Å². The van der Waals surface area contributed by atoms with Crippen LogP contribution in [-0.4, -0.2) is 24.5 Å². The Hall–Kier alpha value is -2.89. The van der Waals surface area contributed by atoms with Gasteiger partial charge < -0.3 is 15.5 Å². The van der Waals surface area contributed by atoms with Crippen LogP contribution < -0.4 is 15.5 Å². The van der Waals surface area contributed by atoms with Gasteiger partial charge in [-0.15, -0.1) is 0 Å². The summed E-state index contributed by atoms with van der Waals surface area (Å²) in [5, 5.41) is 5.64. The highest BCUT2D eigenvalue weighted by molar-refractivity contribution is 5.97. The summed E-state index contributed by atoms with van der Waals surface area (Å²) < 4.78 is 13.0. The lowest BCUT2D eigenvalue weighted by Gasteiger charge is -2.17. The van der Waals surface area contributed by atoms with Crippen molar-refractivity contribution < 1.29 is 14.0 Å². The highest BCUT2D eigenvalue weighted by Crippen LogP contribution is 2.22. The lowest BCUT2D eigenvalue weighted by molar-refractivity contribution is -0.117. The molecule has 1 saturated heterocycles. The number of amides is 3. The molecule has 0 saturated carbocycles. The first kappa shape index (κ1) is 17.0. The van der Waals surface area contributed by atoms with Gasteiger partial charge in [0.05, 0.1) is 6.04 Å². The van der Waals surface area contributed by atoms with Crippen LogP contribution >= 0.6 is 0 Å². The van der Waals surface area contributed by atoms with E-state index in [1.54, 1.807) is 17.0 Å². The van der Waals surface area contributed by atoms with Crippen LogP contribution in [0, 0.1) is 19.7 Å². The number of nitrogens with one attached hydrogen (secondary N) is 2. The summed E-state index contributed by atoms with van der Waals surface area (Å²) in [6, 6.07) is 10.9. The van der Waals surface area contributed by atoms with E-state index < -0.39 is 0 Å². The molecule has 130 valence electrons. The minimum absolute atomic E-state index is 0.0941. The maximum Gasteiger partial charge on any atom is 0.319 e. The van der Waals surface area contributed by atoms with Crippen LogP contribution in [0.15, 0.2) is 42.5 Å². The van der Waals surface area contributed by atoms with Crippen LogP contribution in [0.2, 0.25) is 0 Å². The number of hydrogen-bond donors (Lipinski definition) is 2. The number of benzene rings is 2. The van der Waals surface area contributed by atoms with Crippen LogP contribution in [0.25, 0.3) is 0 Å². The number of halogens is 1. The number of carbonyl (C=O) groups excluding carboxylic acids is 2. The number of rotatable bonds is 3. The van der Waals surface area contributed by atoms with Gasteiger partial charge in [-0.2, -0.15) is 0 Å². The van der Waals surface area contributed by atoms with Gasteiger partial charge in [-0.3, -0.25) is 4.79 Å². The molecule has 5 nitrogen and oxygen atoms in total. The molecule has 0 unspecified atom stereocenters. The largest absolute Gasteiger partial charge is 0.333 e. The molecule has 3 rings (SSSR count). The maximum atomic E-state index is 13.0. The fraction of sp³-hybridized carbons (Fsp3) is 0.263. The third-order valence-corrected chi connectivity index (χ3v) is 4.23. The van der Waals surface area contributed by atoms with Crippen molar-refractivity contribution in [3.8, 4) is 0 Å². The molecule has 3 amide bonds. The average Bonchev–Trinajstić information content (AvgIpc) is 2.91. The molecule has 1 fully saturated rings. The minimum Gasteiger partial charge on any atom is -0.333 e. The van der Waals surface area contributed by atoms with Crippen LogP contribution in [0.1, 0.15) is 17.5 Å². The Bertz CT molecular complexity index is 805. The summed E-state index contributed by atoms with van der Waals surface area (Å²) in [4.78, 5) is 25.9. The molecule has 0 aromatic heterocycles. The monoisotopic (exact) mass is 341 g/mol. The Morgan fingerprint density at radius 2 is 1.88 bits per heavy atom. The molecule has 0 radical (unpaired) electrons. The summed E-state index contributed by atoms with van der Waals surface area (Å²) in [6.07, 6.45) is 0.220. The van der Waals surface area contributed by atoms with E-state index in [0.29, 0.717) is 12.2 Å². The van der Waals surface area contributed by atoms with Gasteiger partial charge >= 0.3 is 6.03 Å². The lowest BCUT2D eigenvalue weighted by atomic mass is 10.1. The van der Waals surface area contributed by atoms with E-state index in [2.05, 4.69) is 10.6 Å². The molecule has 2 aromatic carbocycles. The second-order valence-corrected chi connectivity index (χ2v) is 6.30. The van der Waals surface area contributed by atoms with Crippen molar-refractivity contribution in [1.82, 2.24) is 5.32 Å². The van der Waals surface area contributed by atoms with Gasteiger partial charge in [0.2, 0.25) is 5.91 Å². The molecule has 0 aliphatic carbocycles. The number of anilines is 2. The highest BCUT2D eigenvalue weighted by Gasteiger charge is 2.31. The molecule has 2 N–H and O–H groups in total. The van der Waals surface area contributed by atoms with Crippen LogP contribution in [-0.2, 0) is 4.79 Å². The van der Waals surface area contributed by atoms with E-state index in [0.717, 1.165) is 16.8 Å². The molecule has 1 atom stereocenters. The van der Waals surface area contributed by atoms with E-state index in [9.17, 15) is 14.0 Å². The molecule has 2 aromatic rings. The van der Waals surface area contributed by atoms with Crippen LogP contribution in [0.3, 0.4) is 0 Å². The van der Waals surface area contributed by atoms with Gasteiger partial charge in [-0.1, -0.05) is 17.7 Å². The first-order chi connectivity index (χ1) is 11.9. The molecule has 1 aliphatic rings. The van der Waals surface area contributed by atoms with Crippen molar-refractivity contribution in [2.24, 2.45) is 0 Å². The maximum absolute atomic E-state index is 13.0. The van der Waals surface area contributed by atoms with E-state index in [-0.39, 0.29) is 30.2 Å². The zero-order valence-corrected chi connectivity index (χ0v) is 14.2. The molecular formula is C19H20FN3O2. The Kier molecular flexibility index (Phi) is 4.70. The molecule has 1 aliphatic heterocycles. The van der Waals surface area contributed by atoms with Crippen LogP contribution in [0.5, 0.6) is 0 Å². The second kappa shape index (κ2) is 6.93. The van der Waals surface area contributed by atoms with Gasteiger partial charge in [0.1, 0.15) is 5.82 Å². The van der Waals surface area contributed by atoms with Crippen molar-refractivity contribution in [2.45, 2.75) is 26.3 Å². The Morgan fingerprint density at radius 1 is 1.16 bits per heavy atom. The summed E-state index contributed by atoms with van der Waals surface area (Å²) in [5.74, 6) is -0.443. The fourth-order valence-corrected chi connectivity index (χ4v) is 2.97. The third kappa shape index (κ3) is 3.96. The third-order valence-electron chi connectivity index (χ3n) is 4.23. The van der Waals surface area contributed by atoms with Crippen LogP contribution in [0.4, 0.5) is 20.6 Å². The Morgan fingerprint density at radius 3 is 2.56 bits per heavy atom. The van der Waals surface area contributed by atoms with Gasteiger partial charge in [0.25, 0.3) is 0 Å². The summed E-state index contributed by atoms with van der Waals surface area (Å²) in [7, 11) is 0. The SMILES string of the molecule is Cc1ccc(NC(=O)N[C@H]2CC(=O)N(c3ccc(F)cc3)C2)c(C)c1. The highest BCUT2D eigenvalue weighted by atomic mass is 19.1. The number of urea groups is 1. The number of aryl methyl sites for hydroxylation is 2. The summed E-state index contributed by atoms with van der Waals surface area (Å²) >= 11 is 0. The molecule has 1 heterocycles. The van der Waals surface area contributed by atoms with Crippen molar-refractivity contribution in [2.75, 3.05) is 16.8 Å². The molecule has 0 spiro atoms. The zero-order chi connectivity index (χ0) is 18.0. The number of carbonyl (C=O) groups is 2. The average molecular weight is 341 g/mol. The molecular weight excluding hydrogens is 321 g/mol. The molecule has 6 heteroatoms. The molecule has 25 heavy (non-hydrogen) atoms. The first-order valence-electron chi connectivity index (χ1n) is 8.13.